The van der Waals surface area contributed by atoms with Gasteiger partial charge in [0.2, 0.25) is 11.8 Å². The van der Waals surface area contributed by atoms with Crippen LogP contribution in [0.25, 0.3) is 0 Å². The van der Waals surface area contributed by atoms with Gasteiger partial charge in [0, 0.05) is 35.7 Å². The maximum atomic E-state index is 12.7. The summed E-state index contributed by atoms with van der Waals surface area (Å²) in [6.45, 7) is 5.18. The molecule has 4 heterocycles. The highest BCUT2D eigenvalue weighted by Gasteiger charge is 2.60. The van der Waals surface area contributed by atoms with Crippen LogP contribution in [0.15, 0.2) is 15.6 Å². The molecule has 0 bridgehead atoms. The van der Waals surface area contributed by atoms with Gasteiger partial charge in [0.1, 0.15) is 5.70 Å². The summed E-state index contributed by atoms with van der Waals surface area (Å²) in [5.74, 6) is -2.17. The normalized spacial score (nSPS) is 34.9. The van der Waals surface area contributed by atoms with Crippen LogP contribution in [0.4, 0.5) is 0 Å². The summed E-state index contributed by atoms with van der Waals surface area (Å²) in [5, 5.41) is 23.0. The molecule has 0 aliphatic carbocycles. The van der Waals surface area contributed by atoms with Gasteiger partial charge in [-0.1, -0.05) is 6.92 Å². The lowest BCUT2D eigenvalue weighted by Gasteiger charge is -2.46. The molecule has 164 valence electrons. The van der Waals surface area contributed by atoms with Crippen molar-refractivity contribution in [3.63, 3.8) is 0 Å². The molecule has 4 rings (SSSR count). The second-order valence-electron chi connectivity index (χ2n) is 8.40. The third kappa shape index (κ3) is 3.28. The maximum Gasteiger partial charge on any atom is 0.353 e. The minimum atomic E-state index is -1.13. The van der Waals surface area contributed by atoms with E-state index in [2.05, 4.69) is 10.3 Å². The number of thioether (sulfide) groups is 1. The predicted octanol–water partition coefficient (Wildman–Crippen LogP) is -1.20. The first kappa shape index (κ1) is 21.1. The third-order valence-electron chi connectivity index (χ3n) is 6.46. The molecule has 0 aromatic rings. The van der Waals surface area contributed by atoms with Gasteiger partial charge in [-0.2, -0.15) is 0 Å². The van der Waals surface area contributed by atoms with Crippen LogP contribution in [0, 0.1) is 11.8 Å². The zero-order valence-corrected chi connectivity index (χ0v) is 17.7. The molecule has 0 aromatic carbocycles. The van der Waals surface area contributed by atoms with E-state index >= 15 is 0 Å². The van der Waals surface area contributed by atoms with Crippen molar-refractivity contribution in [2.45, 2.75) is 49.7 Å². The number of fused-ring (bicyclic) bond motifs is 1. The summed E-state index contributed by atoms with van der Waals surface area (Å²) < 4.78 is 0. The van der Waals surface area contributed by atoms with Crippen molar-refractivity contribution in [3.8, 4) is 0 Å². The van der Waals surface area contributed by atoms with E-state index < -0.39 is 18.0 Å². The van der Waals surface area contributed by atoms with Gasteiger partial charge in [0.15, 0.2) is 0 Å². The number of carbonyl (C=O) groups excluding carboxylic acids is 2. The highest BCUT2D eigenvalue weighted by atomic mass is 32.2. The van der Waals surface area contributed by atoms with E-state index in [1.807, 2.05) is 6.92 Å². The van der Waals surface area contributed by atoms with Crippen LogP contribution < -0.4 is 11.1 Å². The first-order valence-corrected chi connectivity index (χ1v) is 11.0. The molecular weight excluding hydrogens is 410 g/mol. The van der Waals surface area contributed by atoms with Crippen molar-refractivity contribution in [2.24, 2.45) is 22.6 Å². The minimum absolute atomic E-state index is 0.0272. The number of amides is 2. The number of nitrogens with one attached hydrogen (secondary N) is 1. The van der Waals surface area contributed by atoms with Crippen LogP contribution in [0.2, 0.25) is 0 Å². The van der Waals surface area contributed by atoms with Crippen LogP contribution in [-0.2, 0) is 14.4 Å². The van der Waals surface area contributed by atoms with E-state index in [0.29, 0.717) is 31.0 Å². The number of β-lactam (4-membered cyclic amide) rings is 1. The van der Waals surface area contributed by atoms with E-state index in [4.69, 9.17) is 5.73 Å². The van der Waals surface area contributed by atoms with Crippen molar-refractivity contribution in [1.82, 2.24) is 15.1 Å². The van der Waals surface area contributed by atoms with E-state index in [1.165, 1.54) is 23.0 Å². The van der Waals surface area contributed by atoms with Gasteiger partial charge < -0.3 is 31.1 Å². The number of hydrogen-bond acceptors (Lipinski definition) is 7. The number of carbonyl (C=O) groups is 3. The molecule has 0 saturated carbocycles. The van der Waals surface area contributed by atoms with Crippen molar-refractivity contribution in [2.75, 3.05) is 19.6 Å². The largest absolute Gasteiger partial charge is 0.477 e. The number of aliphatic hydroxyl groups is 1. The number of hydrogen-bond donors (Lipinski definition) is 4. The lowest BCUT2D eigenvalue weighted by Crippen LogP contribution is -2.63. The number of aliphatic hydroxyl groups excluding tert-OH is 1. The number of aliphatic imine (C=N–C) groups is 1. The summed E-state index contributed by atoms with van der Waals surface area (Å²) in [4.78, 5) is 44.8. The molecule has 5 N–H and O–H groups in total. The molecule has 10 nitrogen and oxygen atoms in total. The van der Waals surface area contributed by atoms with Crippen LogP contribution >= 0.6 is 11.8 Å². The van der Waals surface area contributed by atoms with Gasteiger partial charge in [-0.25, -0.2) is 4.79 Å². The van der Waals surface area contributed by atoms with Gasteiger partial charge in [0.25, 0.3) is 0 Å². The Hall–Kier alpha value is -2.11. The summed E-state index contributed by atoms with van der Waals surface area (Å²) in [6, 6.07) is -0.559. The zero-order valence-electron chi connectivity index (χ0n) is 16.9. The van der Waals surface area contributed by atoms with Gasteiger partial charge in [0.05, 0.1) is 36.5 Å². The fourth-order valence-corrected chi connectivity index (χ4v) is 6.39. The maximum absolute atomic E-state index is 12.7. The molecule has 4 aliphatic heterocycles. The molecule has 11 heteroatoms. The Balaban J connectivity index is 1.41. The lowest BCUT2D eigenvalue weighted by molar-refractivity contribution is -0.163. The van der Waals surface area contributed by atoms with Crippen molar-refractivity contribution in [3.05, 3.63) is 10.6 Å². The molecule has 30 heavy (non-hydrogen) atoms. The first-order valence-electron chi connectivity index (χ1n) is 10.1. The topological polar surface area (TPSA) is 149 Å². The summed E-state index contributed by atoms with van der Waals surface area (Å²) >= 11 is 1.44. The van der Waals surface area contributed by atoms with Gasteiger partial charge in [-0.3, -0.25) is 14.6 Å². The fraction of sp³-hybridized carbons (Fsp3) is 0.684. The van der Waals surface area contributed by atoms with Crippen molar-refractivity contribution in [1.29, 1.82) is 0 Å². The highest BCUT2D eigenvalue weighted by Crippen LogP contribution is 2.51. The lowest BCUT2D eigenvalue weighted by atomic mass is 9.79. The SMILES string of the molecule is C[C@@H](O)[C@H]1C(=O)N2C(C(=O)O)=C(S[C@@H]3CN[C@H](C(=O)N4CC(N=CN)C4)C3)[C@H](C)[C@H]12. The monoisotopic (exact) mass is 437 g/mol. The van der Waals surface area contributed by atoms with Crippen LogP contribution in [0.3, 0.4) is 0 Å². The van der Waals surface area contributed by atoms with Crippen LogP contribution in [0.1, 0.15) is 20.3 Å². The molecular formula is C19H27N5O5S. The number of rotatable bonds is 6. The van der Waals surface area contributed by atoms with Gasteiger partial charge in [-0.15, -0.1) is 11.8 Å². The quantitative estimate of drug-likeness (QED) is 0.230. The second kappa shape index (κ2) is 7.86. The number of carboxylic acids is 1. The number of carboxylic acid groups (broad SMARTS) is 1. The molecule has 0 radical (unpaired) electrons. The predicted molar refractivity (Wildman–Crippen MR) is 110 cm³/mol. The Morgan fingerprint density at radius 3 is 2.70 bits per heavy atom. The van der Waals surface area contributed by atoms with Gasteiger partial charge in [-0.05, 0) is 13.3 Å². The molecule has 4 aliphatic rings. The molecule has 2 amide bonds. The molecule has 0 spiro atoms. The molecule has 0 unspecified atom stereocenters. The number of likely N-dealkylation sites (tertiary alicyclic amines) is 1. The van der Waals surface area contributed by atoms with Crippen LogP contribution in [-0.4, -0.2) is 93.2 Å². The summed E-state index contributed by atoms with van der Waals surface area (Å²) in [7, 11) is 0. The van der Waals surface area contributed by atoms with E-state index in [9.17, 15) is 24.6 Å². The van der Waals surface area contributed by atoms with Gasteiger partial charge >= 0.3 is 5.97 Å². The number of nitrogens with two attached hydrogens (primary N) is 1. The third-order valence-corrected chi connectivity index (χ3v) is 7.98. The first-order chi connectivity index (χ1) is 14.2. The van der Waals surface area contributed by atoms with E-state index in [0.717, 1.165) is 0 Å². The number of nitrogens with zero attached hydrogens (tertiary/aromatic N) is 3. The van der Waals surface area contributed by atoms with E-state index in [1.54, 1.807) is 11.8 Å². The Kier molecular flexibility index (Phi) is 5.54. The molecule has 3 fully saturated rings. The Morgan fingerprint density at radius 1 is 1.40 bits per heavy atom. The minimum Gasteiger partial charge on any atom is -0.477 e. The highest BCUT2D eigenvalue weighted by molar-refractivity contribution is 8.03. The molecule has 3 saturated heterocycles. The Morgan fingerprint density at radius 2 is 2.10 bits per heavy atom. The van der Waals surface area contributed by atoms with Crippen molar-refractivity contribution >= 4 is 35.9 Å². The fourth-order valence-electron chi connectivity index (χ4n) is 4.91. The average Bonchev–Trinajstić information content (AvgIpc) is 3.20. The number of aliphatic carboxylic acids is 1. The molecule has 6 atom stereocenters. The summed E-state index contributed by atoms with van der Waals surface area (Å²) in [6.07, 6.45) is 1.03. The zero-order chi connectivity index (χ0) is 21.7. The Labute approximate surface area is 178 Å². The van der Waals surface area contributed by atoms with Crippen molar-refractivity contribution < 1.29 is 24.6 Å². The smallest absolute Gasteiger partial charge is 0.353 e. The molecule has 0 aromatic heterocycles. The standard InChI is InChI=1S/C19H27N5O5S/c1-8-14-13(9(2)25)18(27)24(14)15(19(28)29)16(8)30-11-3-12(21-4-11)17(26)23-5-10(6-23)22-7-20/h7-14,21,25H,3-6H2,1-2H3,(H2,20,22)(H,28,29)/t8-,9-,11+,12+,13-,14-/m1/s1. The van der Waals surface area contributed by atoms with Crippen LogP contribution in [0.5, 0.6) is 0 Å². The van der Waals surface area contributed by atoms with E-state index in [-0.39, 0.29) is 46.8 Å². The Bertz CT molecular complexity index is 824. The second-order valence-corrected chi connectivity index (χ2v) is 9.75. The average molecular weight is 438 g/mol. The summed E-state index contributed by atoms with van der Waals surface area (Å²) in [5.41, 5.74) is 5.31.